The lowest BCUT2D eigenvalue weighted by atomic mass is 10.0. The van der Waals surface area contributed by atoms with E-state index in [1.807, 2.05) is 0 Å². The van der Waals surface area contributed by atoms with Gasteiger partial charge >= 0.3 is 6.09 Å². The van der Waals surface area contributed by atoms with Crippen LogP contribution in [0, 0.1) is 13.8 Å². The van der Waals surface area contributed by atoms with Crippen LogP contribution in [-0.2, 0) is 20.9 Å². The fourth-order valence-electron chi connectivity index (χ4n) is 2.72. The molecule has 1 aliphatic rings. The first-order chi connectivity index (χ1) is 11.1. The predicted molar refractivity (Wildman–Crippen MR) is 84.0 cm³/mol. The summed E-state index contributed by atoms with van der Waals surface area (Å²) < 4.78 is 6.64. The molecule has 0 bridgehead atoms. The average molecular weight is 337 g/mol. The number of nitrogens with zero attached hydrogens (tertiary/aromatic N) is 3. The van der Waals surface area contributed by atoms with E-state index < -0.39 is 29.6 Å². The summed E-state index contributed by atoms with van der Waals surface area (Å²) in [6.07, 6.45) is -0.669. The topological polar surface area (TPSA) is 102 Å². The number of aromatic nitrogens is 2. The van der Waals surface area contributed by atoms with Gasteiger partial charge in [0.05, 0.1) is 12.3 Å². The number of hydrogen-bond donors (Lipinski definition) is 1. The van der Waals surface area contributed by atoms with Crippen molar-refractivity contribution >= 4 is 17.9 Å². The summed E-state index contributed by atoms with van der Waals surface area (Å²) in [5.74, 6) is -1.23. The minimum absolute atomic E-state index is 0.0441. The van der Waals surface area contributed by atoms with E-state index in [0.29, 0.717) is 21.9 Å². The fourth-order valence-corrected chi connectivity index (χ4v) is 2.72. The molecule has 132 valence electrons. The third-order valence-electron chi connectivity index (χ3n) is 3.89. The Bertz CT molecular complexity index is 687. The third kappa shape index (κ3) is 3.33. The summed E-state index contributed by atoms with van der Waals surface area (Å²) in [5, 5.41) is 13.7. The highest BCUT2D eigenvalue weighted by Crippen LogP contribution is 2.28. The van der Waals surface area contributed by atoms with Gasteiger partial charge in [-0.3, -0.25) is 14.3 Å². The van der Waals surface area contributed by atoms with E-state index >= 15 is 0 Å². The van der Waals surface area contributed by atoms with Crippen LogP contribution in [0.4, 0.5) is 4.79 Å². The van der Waals surface area contributed by atoms with Gasteiger partial charge < -0.3 is 9.84 Å². The zero-order valence-corrected chi connectivity index (χ0v) is 14.6. The number of amides is 3. The Morgan fingerprint density at radius 2 is 1.96 bits per heavy atom. The van der Waals surface area contributed by atoms with Crippen molar-refractivity contribution < 1.29 is 24.2 Å². The Morgan fingerprint density at radius 1 is 1.33 bits per heavy atom. The maximum atomic E-state index is 12.7. The van der Waals surface area contributed by atoms with Gasteiger partial charge in [0, 0.05) is 17.7 Å². The van der Waals surface area contributed by atoms with Crippen LogP contribution in [0.1, 0.15) is 56.6 Å². The van der Waals surface area contributed by atoms with Crippen LogP contribution < -0.4 is 0 Å². The molecule has 0 spiro atoms. The van der Waals surface area contributed by atoms with E-state index in [2.05, 4.69) is 5.10 Å². The second-order valence-electron chi connectivity index (χ2n) is 6.85. The van der Waals surface area contributed by atoms with Gasteiger partial charge in [0.25, 0.3) is 5.91 Å². The van der Waals surface area contributed by atoms with E-state index in [1.165, 1.54) is 4.68 Å². The molecule has 1 atom stereocenters. The van der Waals surface area contributed by atoms with E-state index in [4.69, 9.17) is 4.74 Å². The lowest BCUT2D eigenvalue weighted by Crippen LogP contribution is -2.51. The van der Waals surface area contributed by atoms with E-state index in [1.54, 1.807) is 34.6 Å². The normalized spacial score (nSPS) is 18.9. The molecule has 0 radical (unpaired) electrons. The second-order valence-corrected chi connectivity index (χ2v) is 6.85. The monoisotopic (exact) mass is 337 g/mol. The summed E-state index contributed by atoms with van der Waals surface area (Å²) in [4.78, 5) is 37.5. The number of likely N-dealkylation sites (tertiary alicyclic amines) is 1. The molecule has 8 heteroatoms. The molecule has 1 aromatic heterocycles. The molecule has 3 amide bonds. The van der Waals surface area contributed by atoms with Crippen LogP contribution in [-0.4, -0.2) is 43.3 Å². The summed E-state index contributed by atoms with van der Waals surface area (Å²) >= 11 is 0. The van der Waals surface area contributed by atoms with Crippen molar-refractivity contribution in [1.29, 1.82) is 0 Å². The molecule has 2 rings (SSSR count). The zero-order valence-electron chi connectivity index (χ0n) is 14.6. The van der Waals surface area contributed by atoms with Crippen molar-refractivity contribution in [3.05, 3.63) is 17.0 Å². The molecule has 1 fully saturated rings. The highest BCUT2D eigenvalue weighted by Gasteiger charge is 2.42. The Labute approximate surface area is 140 Å². The van der Waals surface area contributed by atoms with Gasteiger partial charge in [-0.25, -0.2) is 4.79 Å². The van der Waals surface area contributed by atoms with Gasteiger partial charge in [-0.15, -0.1) is 0 Å². The lowest BCUT2D eigenvalue weighted by molar-refractivity contribution is -0.149. The minimum Gasteiger partial charge on any atom is -0.443 e. The molecule has 8 nitrogen and oxygen atoms in total. The van der Waals surface area contributed by atoms with E-state index in [0.717, 1.165) is 0 Å². The standard InChI is InChI=1S/C16H23N3O5/c1-9-11(8-20)10(2)19(17-9)12-6-7-13(21)18(14(12)22)15(23)24-16(3,4)5/h12,20H,6-8H2,1-5H3. The molecule has 2 heterocycles. The Hall–Kier alpha value is -2.22. The molecule has 1 N–H and O–H groups in total. The number of rotatable bonds is 2. The van der Waals surface area contributed by atoms with Gasteiger partial charge in [-0.1, -0.05) is 0 Å². The summed E-state index contributed by atoms with van der Waals surface area (Å²) in [7, 11) is 0. The number of aryl methyl sites for hydroxylation is 1. The van der Waals surface area contributed by atoms with Gasteiger partial charge in [0.1, 0.15) is 11.6 Å². The first-order valence-electron chi connectivity index (χ1n) is 7.82. The number of aliphatic hydroxyl groups excluding tert-OH is 1. The number of piperidine rings is 1. The summed E-state index contributed by atoms with van der Waals surface area (Å²) in [5.41, 5.74) is 1.09. The molecule has 0 aromatic carbocycles. The van der Waals surface area contributed by atoms with Crippen LogP contribution in [0.3, 0.4) is 0 Å². The third-order valence-corrected chi connectivity index (χ3v) is 3.89. The summed E-state index contributed by atoms with van der Waals surface area (Å²) in [6.45, 7) is 8.28. The number of hydrogen-bond acceptors (Lipinski definition) is 6. The number of carbonyl (C=O) groups excluding carboxylic acids is 3. The number of carbonyl (C=O) groups is 3. The van der Waals surface area contributed by atoms with Gasteiger partial charge in [-0.05, 0) is 41.0 Å². The van der Waals surface area contributed by atoms with Crippen molar-refractivity contribution in [2.45, 2.75) is 65.7 Å². The Morgan fingerprint density at radius 3 is 2.46 bits per heavy atom. The van der Waals surface area contributed by atoms with Crippen molar-refractivity contribution in [2.75, 3.05) is 0 Å². The van der Waals surface area contributed by atoms with Crippen molar-refractivity contribution in [3.63, 3.8) is 0 Å². The Kier molecular flexibility index (Phi) is 4.80. The molecule has 1 aromatic rings. The predicted octanol–water partition coefficient (Wildman–Crippen LogP) is 1.62. The van der Waals surface area contributed by atoms with Gasteiger partial charge in [0.15, 0.2) is 0 Å². The van der Waals surface area contributed by atoms with Crippen molar-refractivity contribution in [2.24, 2.45) is 0 Å². The zero-order chi connectivity index (χ0) is 18.2. The number of ether oxygens (including phenoxy) is 1. The lowest BCUT2D eigenvalue weighted by Gasteiger charge is -2.31. The first-order valence-corrected chi connectivity index (χ1v) is 7.82. The maximum Gasteiger partial charge on any atom is 0.424 e. The molecular weight excluding hydrogens is 314 g/mol. The van der Waals surface area contributed by atoms with E-state index in [-0.39, 0.29) is 19.4 Å². The molecule has 1 saturated heterocycles. The molecule has 1 unspecified atom stereocenters. The van der Waals surface area contributed by atoms with E-state index in [9.17, 15) is 19.5 Å². The quantitative estimate of drug-likeness (QED) is 0.823. The highest BCUT2D eigenvalue weighted by atomic mass is 16.6. The van der Waals surface area contributed by atoms with Crippen LogP contribution in [0.25, 0.3) is 0 Å². The van der Waals surface area contributed by atoms with Crippen LogP contribution >= 0.6 is 0 Å². The molecule has 24 heavy (non-hydrogen) atoms. The molecule has 0 saturated carbocycles. The fraction of sp³-hybridized carbons (Fsp3) is 0.625. The number of imide groups is 3. The van der Waals surface area contributed by atoms with Crippen LogP contribution in [0.5, 0.6) is 0 Å². The molecule has 1 aliphatic heterocycles. The first kappa shape index (κ1) is 18.1. The van der Waals surface area contributed by atoms with Gasteiger partial charge in [0.2, 0.25) is 5.91 Å². The van der Waals surface area contributed by atoms with Gasteiger partial charge in [-0.2, -0.15) is 10.00 Å². The average Bonchev–Trinajstić information content (AvgIpc) is 2.71. The number of aliphatic hydroxyl groups is 1. The van der Waals surface area contributed by atoms with Crippen molar-refractivity contribution in [3.8, 4) is 0 Å². The largest absolute Gasteiger partial charge is 0.443 e. The second kappa shape index (κ2) is 6.35. The summed E-state index contributed by atoms with van der Waals surface area (Å²) in [6, 6.07) is -0.769. The van der Waals surface area contributed by atoms with Crippen LogP contribution in [0.2, 0.25) is 0 Å². The minimum atomic E-state index is -0.967. The SMILES string of the molecule is Cc1nn(C2CCC(=O)N(C(=O)OC(C)(C)C)C2=O)c(C)c1CO. The highest BCUT2D eigenvalue weighted by molar-refractivity contribution is 6.11. The Balaban J connectivity index is 2.33. The van der Waals surface area contributed by atoms with Crippen LogP contribution in [0.15, 0.2) is 0 Å². The molecular formula is C16H23N3O5. The smallest absolute Gasteiger partial charge is 0.424 e. The molecule has 0 aliphatic carbocycles. The van der Waals surface area contributed by atoms with Crippen molar-refractivity contribution in [1.82, 2.24) is 14.7 Å². The maximum absolute atomic E-state index is 12.7.